The molecule has 9 nitrogen and oxygen atoms in total. The van der Waals surface area contributed by atoms with Crippen LogP contribution in [0.25, 0.3) is 21.9 Å². The van der Waals surface area contributed by atoms with E-state index in [1.807, 2.05) is 25.9 Å². The normalized spacial score (nSPS) is 18.9. The van der Waals surface area contributed by atoms with Crippen molar-refractivity contribution in [3.05, 3.63) is 48.2 Å². The number of nitrogens with zero attached hydrogens (tertiary/aromatic N) is 3. The lowest BCUT2D eigenvalue weighted by atomic mass is 9.98. The molecule has 3 atom stereocenters. The van der Waals surface area contributed by atoms with Crippen molar-refractivity contribution in [1.82, 2.24) is 14.9 Å². The number of carbonyl (C=O) groups excluding carboxylic acids is 2. The number of aryl methyl sites for hydroxylation is 1. The first-order chi connectivity index (χ1) is 17.9. The molecule has 2 amide bonds. The zero-order valence-electron chi connectivity index (χ0n) is 22.5. The predicted molar refractivity (Wildman–Crippen MR) is 144 cm³/mol. The maximum Gasteiger partial charge on any atom is 0.412 e. The van der Waals surface area contributed by atoms with Gasteiger partial charge in [0.05, 0.1) is 5.69 Å². The Morgan fingerprint density at radius 1 is 1.13 bits per heavy atom. The van der Waals surface area contributed by atoms with Crippen molar-refractivity contribution in [1.29, 1.82) is 0 Å². The second-order valence-electron chi connectivity index (χ2n) is 11.0. The van der Waals surface area contributed by atoms with E-state index in [4.69, 9.17) is 4.74 Å². The number of benzene rings is 1. The second-order valence-corrected chi connectivity index (χ2v) is 11.0. The Morgan fingerprint density at radius 2 is 1.87 bits per heavy atom. The molecule has 3 N–H and O–H groups in total. The van der Waals surface area contributed by atoms with Gasteiger partial charge in [-0.3, -0.25) is 15.1 Å². The molecule has 1 aromatic carbocycles. The van der Waals surface area contributed by atoms with Crippen LogP contribution in [0.5, 0.6) is 0 Å². The van der Waals surface area contributed by atoms with Crippen molar-refractivity contribution < 1.29 is 23.8 Å². The smallest absolute Gasteiger partial charge is 0.412 e. The summed E-state index contributed by atoms with van der Waals surface area (Å²) >= 11 is 0. The Morgan fingerprint density at radius 3 is 2.50 bits per heavy atom. The highest BCUT2D eigenvalue weighted by Crippen LogP contribution is 2.47. The summed E-state index contributed by atoms with van der Waals surface area (Å²) in [7, 11) is 3.85. The summed E-state index contributed by atoms with van der Waals surface area (Å²) in [4.78, 5) is 36.0. The number of nitrogens with one attached hydrogen (secondary N) is 2. The van der Waals surface area contributed by atoms with Crippen LogP contribution in [0, 0.1) is 30.5 Å². The fourth-order valence-corrected chi connectivity index (χ4v) is 4.77. The molecule has 4 rings (SSSR count). The van der Waals surface area contributed by atoms with Gasteiger partial charge in [0.15, 0.2) is 5.82 Å². The number of aromatic nitrogens is 2. The number of fused-ring (bicyclic) bond motifs is 1. The molecule has 0 bridgehead atoms. The van der Waals surface area contributed by atoms with E-state index in [0.717, 1.165) is 5.56 Å². The molecule has 38 heavy (non-hydrogen) atoms. The summed E-state index contributed by atoms with van der Waals surface area (Å²) < 4.78 is 21.2. The van der Waals surface area contributed by atoms with Crippen LogP contribution in [0.1, 0.15) is 26.3 Å². The molecule has 3 aromatic rings. The van der Waals surface area contributed by atoms with Gasteiger partial charge >= 0.3 is 6.09 Å². The van der Waals surface area contributed by atoms with Gasteiger partial charge in [-0.25, -0.2) is 14.2 Å². The van der Waals surface area contributed by atoms with Gasteiger partial charge in [0.25, 0.3) is 0 Å². The van der Waals surface area contributed by atoms with Gasteiger partial charge in [0.1, 0.15) is 11.4 Å². The van der Waals surface area contributed by atoms with E-state index in [0.29, 0.717) is 28.7 Å². The highest BCUT2D eigenvalue weighted by Gasteiger charge is 2.54. The van der Waals surface area contributed by atoms with Crippen molar-refractivity contribution in [2.75, 3.05) is 37.9 Å². The summed E-state index contributed by atoms with van der Waals surface area (Å²) in [6, 6.07) is 5.06. The van der Waals surface area contributed by atoms with E-state index < -0.39 is 17.5 Å². The lowest BCUT2D eigenvalue weighted by Gasteiger charge is -2.21. The summed E-state index contributed by atoms with van der Waals surface area (Å²) in [6.07, 6.45) is 3.80. The highest BCUT2D eigenvalue weighted by atomic mass is 19.1. The fraction of sp³-hybridized carbons (Fsp3) is 0.429. The van der Waals surface area contributed by atoms with Crippen LogP contribution < -0.4 is 10.6 Å². The first-order valence-corrected chi connectivity index (χ1v) is 12.5. The molecular formula is C28H34FN5O4. The standard InChI is InChI=1S/C28H34FN5O4/c1-15-7-8-30-11-18(15)17-9-16-10-22(32-26(36)23-20(13-34(5)6)21(23)14-35)31-12-19(16)25(24(17)29)33-27(37)38-28(2,3)4/h7-12,20-21,23,35H,13-14H2,1-6H3,(H,33,37)(H,31,32,36). The molecule has 0 aliphatic heterocycles. The van der Waals surface area contributed by atoms with Crippen molar-refractivity contribution in [2.24, 2.45) is 17.8 Å². The molecule has 3 unspecified atom stereocenters. The van der Waals surface area contributed by atoms with Crippen molar-refractivity contribution in [3.63, 3.8) is 0 Å². The van der Waals surface area contributed by atoms with Crippen LogP contribution in [-0.4, -0.2) is 64.8 Å². The number of anilines is 2. The Hall–Kier alpha value is -3.63. The van der Waals surface area contributed by atoms with Gasteiger partial charge in [0.2, 0.25) is 5.91 Å². The maximum absolute atomic E-state index is 15.9. The average Bonchev–Trinajstić information content (AvgIpc) is 3.51. The third-order valence-corrected chi connectivity index (χ3v) is 6.59. The summed E-state index contributed by atoms with van der Waals surface area (Å²) in [5, 5.41) is 16.0. The zero-order valence-corrected chi connectivity index (χ0v) is 22.5. The first-order valence-electron chi connectivity index (χ1n) is 12.5. The third kappa shape index (κ3) is 5.92. The summed E-state index contributed by atoms with van der Waals surface area (Å²) in [5.74, 6) is -0.927. The molecule has 0 saturated heterocycles. The molecule has 10 heteroatoms. The Balaban J connectivity index is 1.72. The van der Waals surface area contributed by atoms with E-state index in [9.17, 15) is 14.7 Å². The van der Waals surface area contributed by atoms with Crippen molar-refractivity contribution >= 4 is 34.3 Å². The second kappa shape index (κ2) is 10.6. The molecule has 0 spiro atoms. The lowest BCUT2D eigenvalue weighted by molar-refractivity contribution is -0.118. The molecule has 0 radical (unpaired) electrons. The van der Waals surface area contributed by atoms with Gasteiger partial charge in [-0.15, -0.1) is 0 Å². The van der Waals surface area contributed by atoms with Gasteiger partial charge in [-0.1, -0.05) is 0 Å². The monoisotopic (exact) mass is 523 g/mol. The van der Waals surface area contributed by atoms with Crippen LogP contribution in [0.3, 0.4) is 0 Å². The van der Waals surface area contributed by atoms with Crippen molar-refractivity contribution in [2.45, 2.75) is 33.3 Å². The molecule has 1 saturated carbocycles. The Kier molecular flexibility index (Phi) is 7.66. The van der Waals surface area contributed by atoms with Gasteiger partial charge in [0, 0.05) is 54.2 Å². The number of pyridine rings is 2. The maximum atomic E-state index is 15.9. The van der Waals surface area contributed by atoms with E-state index in [1.165, 1.54) is 6.20 Å². The van der Waals surface area contributed by atoms with Crippen LogP contribution in [0.2, 0.25) is 0 Å². The minimum atomic E-state index is -0.800. The molecule has 1 aliphatic carbocycles. The highest BCUT2D eigenvalue weighted by molar-refractivity contribution is 6.04. The number of halogens is 1. The van der Waals surface area contributed by atoms with Crippen LogP contribution in [0.15, 0.2) is 36.8 Å². The molecule has 2 aromatic heterocycles. The van der Waals surface area contributed by atoms with Crippen molar-refractivity contribution in [3.8, 4) is 11.1 Å². The number of aliphatic hydroxyl groups excluding tert-OH is 1. The number of rotatable bonds is 7. The quantitative estimate of drug-likeness (QED) is 0.419. The number of ether oxygens (including phenoxy) is 1. The largest absolute Gasteiger partial charge is 0.444 e. The molecule has 1 aliphatic rings. The summed E-state index contributed by atoms with van der Waals surface area (Å²) in [5.41, 5.74) is 0.764. The lowest BCUT2D eigenvalue weighted by Crippen LogP contribution is -2.27. The van der Waals surface area contributed by atoms with Crippen LogP contribution >= 0.6 is 0 Å². The number of carbonyl (C=O) groups is 2. The van der Waals surface area contributed by atoms with E-state index in [2.05, 4.69) is 20.6 Å². The molecule has 1 fully saturated rings. The average molecular weight is 524 g/mol. The predicted octanol–water partition coefficient (Wildman–Crippen LogP) is 4.45. The SMILES string of the molecule is Cc1ccncc1-c1cc2cc(NC(=O)C3C(CO)C3CN(C)C)ncc2c(NC(=O)OC(C)(C)C)c1F. The van der Waals surface area contributed by atoms with E-state index in [1.54, 1.807) is 51.4 Å². The number of hydrogen-bond donors (Lipinski definition) is 3. The Labute approximate surface area is 221 Å². The topological polar surface area (TPSA) is 117 Å². The number of hydrogen-bond acceptors (Lipinski definition) is 7. The van der Waals surface area contributed by atoms with E-state index >= 15 is 4.39 Å². The minimum absolute atomic E-state index is 0.0610. The minimum Gasteiger partial charge on any atom is -0.444 e. The number of amides is 2. The Bertz CT molecular complexity index is 1370. The summed E-state index contributed by atoms with van der Waals surface area (Å²) in [6.45, 7) is 7.64. The first kappa shape index (κ1) is 27.4. The fourth-order valence-electron chi connectivity index (χ4n) is 4.77. The number of aliphatic hydroxyl groups is 1. The zero-order chi connectivity index (χ0) is 27.8. The molecule has 202 valence electrons. The van der Waals surface area contributed by atoms with Gasteiger partial charge in [-0.05, 0) is 82.8 Å². The molecular weight excluding hydrogens is 489 g/mol. The third-order valence-electron chi connectivity index (χ3n) is 6.59. The van der Waals surface area contributed by atoms with Gasteiger partial charge in [-0.2, -0.15) is 0 Å². The molecule has 2 heterocycles. The van der Waals surface area contributed by atoms with Gasteiger partial charge < -0.3 is 20.1 Å². The van der Waals surface area contributed by atoms with E-state index in [-0.39, 0.29) is 41.5 Å². The van der Waals surface area contributed by atoms with Crippen LogP contribution in [0.4, 0.5) is 20.7 Å². The van der Waals surface area contributed by atoms with Crippen LogP contribution in [-0.2, 0) is 9.53 Å².